The zero-order valence-electron chi connectivity index (χ0n) is 6.01. The molecule has 8 heavy (non-hydrogen) atoms. The maximum atomic E-state index is 8.11. The molecule has 0 rings (SSSR count). The van der Waals surface area contributed by atoms with Crippen molar-refractivity contribution in [1.82, 2.24) is 0 Å². The van der Waals surface area contributed by atoms with Crippen LogP contribution < -0.4 is 0 Å². The van der Waals surface area contributed by atoms with E-state index in [1.54, 1.807) is 0 Å². The molecule has 0 bridgehead atoms. The average Bonchev–Trinajstić information content (AvgIpc) is 0.918. The summed E-state index contributed by atoms with van der Waals surface area (Å²) < 4.78 is 0. The van der Waals surface area contributed by atoms with Gasteiger partial charge in [0, 0.05) is 0 Å². The number of hydrogen-bond donors (Lipinski definition) is 1. The predicted molar refractivity (Wildman–Crippen MR) is 30.0 cm³/mol. The van der Waals surface area contributed by atoms with Crippen LogP contribution in [0, 0.1) is 4.91 Å². The molecule has 8 heteroatoms. The summed E-state index contributed by atoms with van der Waals surface area (Å²) in [6.07, 6.45) is 0. The van der Waals surface area contributed by atoms with Crippen molar-refractivity contribution >= 4 is 37.7 Å². The van der Waals surface area contributed by atoms with Gasteiger partial charge in [0.15, 0.2) is 5.34 Å². The summed E-state index contributed by atoms with van der Waals surface area (Å²) in [5.41, 5.74) is 0. The van der Waals surface area contributed by atoms with Crippen LogP contribution in [0.1, 0.15) is 2.85 Å². The number of rotatable bonds is 0. The van der Waals surface area contributed by atoms with Crippen molar-refractivity contribution in [2.45, 2.75) is 0 Å². The SMILES string of the molecule is O.O.O.O.O=NO.[Ca+2].[H-].[H-]. The molecule has 0 saturated carbocycles. The molecule has 54 valence electrons. The van der Waals surface area contributed by atoms with Crippen molar-refractivity contribution in [1.29, 1.82) is 0 Å². The van der Waals surface area contributed by atoms with E-state index >= 15 is 0 Å². The average molecular weight is 161 g/mol. The van der Waals surface area contributed by atoms with E-state index in [-0.39, 0.29) is 62.5 Å². The third-order valence-corrected chi connectivity index (χ3v) is 0. The summed E-state index contributed by atoms with van der Waals surface area (Å²) in [5.74, 6) is 0. The quantitative estimate of drug-likeness (QED) is 0.222. The van der Waals surface area contributed by atoms with E-state index in [2.05, 4.69) is 0 Å². The Morgan fingerprint density at radius 2 is 1.12 bits per heavy atom. The molecule has 0 amide bonds. The molecule has 0 atom stereocenters. The Labute approximate surface area is 77.8 Å². The van der Waals surface area contributed by atoms with Crippen LogP contribution in [-0.2, 0) is 0 Å². The fourth-order valence-electron chi connectivity index (χ4n) is 0. The molecule has 0 aromatic heterocycles. The molecular weight excluding hydrogens is 150 g/mol. The molecule has 0 aromatic carbocycles. The van der Waals surface area contributed by atoms with E-state index in [0.29, 0.717) is 0 Å². The van der Waals surface area contributed by atoms with Crippen LogP contribution in [0.15, 0.2) is 5.34 Å². The minimum Gasteiger partial charge on any atom is -1.00 e. The summed E-state index contributed by atoms with van der Waals surface area (Å²) in [7, 11) is 0. The van der Waals surface area contributed by atoms with Crippen molar-refractivity contribution in [2.24, 2.45) is 5.34 Å². The van der Waals surface area contributed by atoms with Gasteiger partial charge in [-0.2, -0.15) is 0 Å². The van der Waals surface area contributed by atoms with Crippen molar-refractivity contribution in [3.63, 3.8) is 0 Å². The van der Waals surface area contributed by atoms with E-state index < -0.39 is 0 Å². The molecule has 0 aromatic rings. The number of hydrogen-bond acceptors (Lipinski definition) is 2. The molecular formula is H11CaNO6. The van der Waals surface area contributed by atoms with E-state index in [4.69, 9.17) is 10.1 Å². The van der Waals surface area contributed by atoms with Crippen LogP contribution in [0.25, 0.3) is 0 Å². The van der Waals surface area contributed by atoms with E-state index in [0.717, 1.165) is 0 Å². The first kappa shape index (κ1) is 76.5. The van der Waals surface area contributed by atoms with Gasteiger partial charge in [-0.1, -0.05) is 0 Å². The maximum absolute atomic E-state index is 8.11. The normalized spacial score (nSPS) is 1.50. The van der Waals surface area contributed by atoms with Gasteiger partial charge in [0.2, 0.25) is 0 Å². The summed E-state index contributed by atoms with van der Waals surface area (Å²) in [6.45, 7) is 0. The van der Waals surface area contributed by atoms with Gasteiger partial charge < -0.3 is 30.0 Å². The summed E-state index contributed by atoms with van der Waals surface area (Å²) in [5, 5.41) is 7.89. The molecule has 7 nitrogen and oxygen atoms in total. The Hall–Kier alpha value is 0.500. The predicted octanol–water partition coefficient (Wildman–Crippen LogP) is -3.31. The van der Waals surface area contributed by atoms with Crippen LogP contribution in [0.4, 0.5) is 0 Å². The first-order valence-corrected chi connectivity index (χ1v) is 0.383. The Morgan fingerprint density at radius 1 is 1.12 bits per heavy atom. The van der Waals surface area contributed by atoms with Crippen LogP contribution in [-0.4, -0.2) is 64.9 Å². The van der Waals surface area contributed by atoms with Crippen LogP contribution in [0.2, 0.25) is 0 Å². The molecule has 0 aliphatic rings. The van der Waals surface area contributed by atoms with Crippen molar-refractivity contribution < 1.29 is 30.0 Å². The molecule has 0 aliphatic carbocycles. The number of nitrogens with zero attached hydrogens (tertiary/aromatic N) is 1. The molecule has 0 heterocycles. The largest absolute Gasteiger partial charge is 2.00 e. The zero-order valence-corrected chi connectivity index (χ0v) is 6.22. The van der Waals surface area contributed by atoms with Crippen LogP contribution in [0.5, 0.6) is 0 Å². The Bertz CT molecular complexity index is 23.2. The monoisotopic (exact) mass is 161 g/mol. The minimum absolute atomic E-state index is 0. The van der Waals surface area contributed by atoms with Crippen LogP contribution >= 0.6 is 0 Å². The first-order chi connectivity index (χ1) is 1.41. The van der Waals surface area contributed by atoms with E-state index in [9.17, 15) is 0 Å². The summed E-state index contributed by atoms with van der Waals surface area (Å²) in [4.78, 5) is 8.11. The van der Waals surface area contributed by atoms with Gasteiger partial charge in [-0.3, -0.25) is 0 Å². The first-order valence-electron chi connectivity index (χ1n) is 0.383. The Balaban J connectivity index is -0.000000000952. The summed E-state index contributed by atoms with van der Waals surface area (Å²) in [6, 6.07) is 0. The van der Waals surface area contributed by atoms with Crippen molar-refractivity contribution in [2.75, 3.05) is 0 Å². The Morgan fingerprint density at radius 3 is 1.12 bits per heavy atom. The molecule has 0 spiro atoms. The smallest absolute Gasteiger partial charge is 1.00 e. The van der Waals surface area contributed by atoms with Crippen molar-refractivity contribution in [3.05, 3.63) is 4.91 Å². The van der Waals surface area contributed by atoms with Crippen LogP contribution in [0.3, 0.4) is 0 Å². The van der Waals surface area contributed by atoms with Gasteiger partial charge in [0.05, 0.1) is 0 Å². The second kappa shape index (κ2) is 141. The third kappa shape index (κ3) is 787. The van der Waals surface area contributed by atoms with E-state index in [1.165, 1.54) is 5.34 Å². The van der Waals surface area contributed by atoms with Gasteiger partial charge in [-0.15, -0.1) is 4.91 Å². The van der Waals surface area contributed by atoms with Gasteiger partial charge in [-0.25, -0.2) is 0 Å². The fraction of sp³-hybridized carbons (Fsp3) is 0. The third-order valence-electron chi connectivity index (χ3n) is 0. The minimum atomic E-state index is 0. The second-order valence-corrected chi connectivity index (χ2v) is 0.0816. The van der Waals surface area contributed by atoms with Gasteiger partial charge in [0.1, 0.15) is 0 Å². The van der Waals surface area contributed by atoms with Crippen molar-refractivity contribution in [3.8, 4) is 0 Å². The molecule has 0 radical (unpaired) electrons. The molecule has 9 N–H and O–H groups in total. The molecule has 0 saturated heterocycles. The fourth-order valence-corrected chi connectivity index (χ4v) is 0. The summed E-state index contributed by atoms with van der Waals surface area (Å²) >= 11 is 0. The van der Waals surface area contributed by atoms with Gasteiger partial charge in [0.25, 0.3) is 0 Å². The topological polar surface area (TPSA) is 176 Å². The standard InChI is InChI=1S/Ca.HNO2.4H2O.2H/c;2-1-3;;;;;;/h;(H,2,3);4*1H2;;/q+2;;;;;;2*-1. The second-order valence-electron chi connectivity index (χ2n) is 0.0816. The maximum Gasteiger partial charge on any atom is 2.00 e. The molecule has 0 unspecified atom stereocenters. The van der Waals surface area contributed by atoms with Gasteiger partial charge >= 0.3 is 37.7 Å². The Kier molecular flexibility index (Phi) is 1350. The zero-order chi connectivity index (χ0) is 2.71. The van der Waals surface area contributed by atoms with Gasteiger partial charge in [-0.05, 0) is 0 Å². The van der Waals surface area contributed by atoms with E-state index in [1.807, 2.05) is 0 Å². The molecule has 0 fully saturated rings. The molecule has 0 aliphatic heterocycles.